The Labute approximate surface area is 201 Å². The smallest absolute Gasteiger partial charge is 0.211 e. The summed E-state index contributed by atoms with van der Waals surface area (Å²) in [7, 11) is 0. The van der Waals surface area contributed by atoms with Crippen molar-refractivity contribution in [2.75, 3.05) is 31.2 Å². The van der Waals surface area contributed by atoms with Gasteiger partial charge < -0.3 is 9.64 Å². The number of benzene rings is 2. The van der Waals surface area contributed by atoms with Crippen LogP contribution >= 0.6 is 11.3 Å². The van der Waals surface area contributed by atoms with Gasteiger partial charge in [0.15, 0.2) is 0 Å². The van der Waals surface area contributed by atoms with Crippen LogP contribution in [0.2, 0.25) is 0 Å². The molecule has 1 saturated heterocycles. The normalized spacial score (nSPS) is 15.1. The maximum atomic E-state index is 13.5. The van der Waals surface area contributed by atoms with Crippen molar-refractivity contribution in [2.24, 2.45) is 10.1 Å². The first-order valence-corrected chi connectivity index (χ1v) is 12.0. The zero-order valence-electron chi connectivity index (χ0n) is 18.8. The minimum Gasteiger partial charge on any atom is -0.378 e. The van der Waals surface area contributed by atoms with Crippen molar-refractivity contribution in [2.45, 2.75) is 6.92 Å². The average molecular weight is 474 g/mol. The summed E-state index contributed by atoms with van der Waals surface area (Å²) in [5.41, 5.74) is 5.51. The molecule has 0 N–H and O–H groups in total. The van der Waals surface area contributed by atoms with E-state index < -0.39 is 0 Å². The Morgan fingerprint density at radius 1 is 1.03 bits per heavy atom. The number of hydrogen-bond donors (Lipinski definition) is 0. The van der Waals surface area contributed by atoms with Crippen molar-refractivity contribution < 1.29 is 9.13 Å². The Hall–Kier alpha value is -3.62. The lowest BCUT2D eigenvalue weighted by Crippen LogP contribution is -2.36. The van der Waals surface area contributed by atoms with Crippen LogP contribution in [0.3, 0.4) is 0 Å². The quantitative estimate of drug-likeness (QED) is 0.379. The van der Waals surface area contributed by atoms with Crippen LogP contribution < -0.4 is 9.70 Å². The fourth-order valence-electron chi connectivity index (χ4n) is 3.77. The molecule has 2 aromatic carbocycles. The number of aromatic nitrogens is 2. The number of halogens is 1. The summed E-state index contributed by atoms with van der Waals surface area (Å²) < 4.78 is 20.8. The second-order valence-corrected chi connectivity index (χ2v) is 8.71. The van der Waals surface area contributed by atoms with E-state index in [2.05, 4.69) is 34.1 Å². The van der Waals surface area contributed by atoms with Crippen LogP contribution in [0.4, 0.5) is 15.8 Å². The van der Waals surface area contributed by atoms with E-state index in [9.17, 15) is 4.39 Å². The van der Waals surface area contributed by atoms with Crippen LogP contribution in [0.15, 0.2) is 88.5 Å². The van der Waals surface area contributed by atoms with Crippen molar-refractivity contribution in [3.63, 3.8) is 0 Å². The molecule has 5 rings (SSSR count). The predicted molar refractivity (Wildman–Crippen MR) is 134 cm³/mol. The molecule has 3 heterocycles. The highest BCUT2D eigenvalue weighted by atomic mass is 32.1. The lowest BCUT2D eigenvalue weighted by Gasteiger charge is -2.28. The van der Waals surface area contributed by atoms with Crippen LogP contribution in [0, 0.1) is 5.82 Å². The first kappa shape index (κ1) is 22.2. The monoisotopic (exact) mass is 473 g/mol. The van der Waals surface area contributed by atoms with Crippen LogP contribution in [0.5, 0.6) is 0 Å². The fraction of sp³-hybridized carbons (Fsp3) is 0.192. The maximum Gasteiger partial charge on any atom is 0.211 e. The van der Waals surface area contributed by atoms with Gasteiger partial charge in [-0.2, -0.15) is 5.10 Å². The molecule has 4 aromatic rings. The van der Waals surface area contributed by atoms with E-state index in [4.69, 9.17) is 14.8 Å². The standard InChI is InChI=1S/C26H24FN5OS/c1-19(20-6-10-24(11-7-20)31-13-15-33-16-14-31)30-32-25(21-4-8-22(27)9-5-21)18-34-26(32)29-23-3-2-12-28-17-23/h2-12,17-18H,13-16H2,1H3. The minimum atomic E-state index is -0.272. The zero-order valence-corrected chi connectivity index (χ0v) is 19.6. The Balaban J connectivity index is 1.53. The summed E-state index contributed by atoms with van der Waals surface area (Å²) in [5.74, 6) is -0.272. The second-order valence-electron chi connectivity index (χ2n) is 7.88. The molecule has 0 amide bonds. The third-order valence-electron chi connectivity index (χ3n) is 5.61. The molecule has 6 nitrogen and oxygen atoms in total. The van der Waals surface area contributed by atoms with E-state index in [1.165, 1.54) is 29.2 Å². The Bertz CT molecular complexity index is 1340. The first-order valence-electron chi connectivity index (χ1n) is 11.1. The van der Waals surface area contributed by atoms with E-state index in [1.54, 1.807) is 24.5 Å². The zero-order chi connectivity index (χ0) is 23.3. The van der Waals surface area contributed by atoms with Gasteiger partial charge in [0.1, 0.15) is 5.82 Å². The van der Waals surface area contributed by atoms with Gasteiger partial charge >= 0.3 is 0 Å². The summed E-state index contributed by atoms with van der Waals surface area (Å²) in [5, 5.41) is 6.92. The molecule has 0 aliphatic carbocycles. The fourth-order valence-corrected chi connectivity index (χ4v) is 4.62. The highest BCUT2D eigenvalue weighted by Gasteiger charge is 2.12. The molecule has 0 spiro atoms. The van der Waals surface area contributed by atoms with Crippen LogP contribution in [0.1, 0.15) is 12.5 Å². The molecule has 34 heavy (non-hydrogen) atoms. The highest BCUT2D eigenvalue weighted by molar-refractivity contribution is 7.07. The van der Waals surface area contributed by atoms with Crippen molar-refractivity contribution in [3.8, 4) is 11.3 Å². The Morgan fingerprint density at radius 3 is 2.50 bits per heavy atom. The van der Waals surface area contributed by atoms with Crippen LogP contribution in [0.25, 0.3) is 11.3 Å². The number of morpholine rings is 1. The molecule has 1 fully saturated rings. The van der Waals surface area contributed by atoms with Crippen LogP contribution in [-0.2, 0) is 4.74 Å². The van der Waals surface area contributed by atoms with Gasteiger partial charge in [0, 0.05) is 35.9 Å². The van der Waals surface area contributed by atoms with Gasteiger partial charge in [-0.1, -0.05) is 12.1 Å². The predicted octanol–water partition coefficient (Wildman–Crippen LogP) is 5.09. The lowest BCUT2D eigenvalue weighted by atomic mass is 10.1. The lowest BCUT2D eigenvalue weighted by molar-refractivity contribution is 0.122. The van der Waals surface area contributed by atoms with Gasteiger partial charge in [0.25, 0.3) is 0 Å². The number of ether oxygens (including phenoxy) is 1. The molecule has 0 atom stereocenters. The van der Waals surface area contributed by atoms with Crippen molar-refractivity contribution in [1.29, 1.82) is 0 Å². The molecular weight excluding hydrogens is 449 g/mol. The Kier molecular flexibility index (Phi) is 6.60. The molecule has 1 aliphatic heterocycles. The molecule has 0 bridgehead atoms. The van der Waals surface area contributed by atoms with Crippen LogP contribution in [-0.4, -0.2) is 41.7 Å². The number of pyridine rings is 1. The molecule has 2 aromatic heterocycles. The average Bonchev–Trinajstić information content (AvgIpc) is 3.27. The molecule has 172 valence electrons. The largest absolute Gasteiger partial charge is 0.378 e. The van der Waals surface area contributed by atoms with E-state index in [0.29, 0.717) is 4.80 Å². The van der Waals surface area contributed by atoms with Crippen molar-refractivity contribution in [1.82, 2.24) is 9.66 Å². The Morgan fingerprint density at radius 2 is 1.79 bits per heavy atom. The van der Waals surface area contributed by atoms with Gasteiger partial charge in [-0.05, 0) is 61.0 Å². The number of hydrogen-bond acceptors (Lipinski definition) is 6. The topological polar surface area (TPSA) is 55.0 Å². The molecule has 0 radical (unpaired) electrons. The summed E-state index contributed by atoms with van der Waals surface area (Å²) in [6.07, 6.45) is 3.43. The van der Waals surface area contributed by atoms with E-state index in [-0.39, 0.29) is 5.82 Å². The molecule has 1 aliphatic rings. The third-order valence-corrected chi connectivity index (χ3v) is 6.42. The number of thiazole rings is 1. The summed E-state index contributed by atoms with van der Waals surface area (Å²) in [6.45, 7) is 5.30. The highest BCUT2D eigenvalue weighted by Crippen LogP contribution is 2.22. The first-order chi connectivity index (χ1) is 16.7. The van der Waals surface area contributed by atoms with E-state index >= 15 is 0 Å². The van der Waals surface area contributed by atoms with Crippen molar-refractivity contribution >= 4 is 28.4 Å². The van der Waals surface area contributed by atoms with Gasteiger partial charge in [0.2, 0.25) is 4.80 Å². The van der Waals surface area contributed by atoms with E-state index in [1.807, 2.05) is 29.1 Å². The number of rotatable bonds is 5. The SMILES string of the molecule is CC(=Nn1c(-c2ccc(F)cc2)csc1=Nc1cccnc1)c1ccc(N2CCOCC2)cc1. The summed E-state index contributed by atoms with van der Waals surface area (Å²) >= 11 is 1.48. The number of anilines is 1. The molecular formula is C26H24FN5OS. The molecule has 0 saturated carbocycles. The second kappa shape index (κ2) is 10.1. The number of nitrogens with zero attached hydrogens (tertiary/aromatic N) is 5. The molecule has 0 unspecified atom stereocenters. The van der Waals surface area contributed by atoms with Gasteiger partial charge in [-0.15, -0.1) is 11.3 Å². The van der Waals surface area contributed by atoms with E-state index in [0.717, 1.165) is 54.5 Å². The van der Waals surface area contributed by atoms with Crippen molar-refractivity contribution in [3.05, 3.63) is 94.6 Å². The summed E-state index contributed by atoms with van der Waals surface area (Å²) in [4.78, 5) is 11.9. The minimum absolute atomic E-state index is 0.272. The molecule has 8 heteroatoms. The summed E-state index contributed by atoms with van der Waals surface area (Å²) in [6, 6.07) is 18.6. The maximum absolute atomic E-state index is 13.5. The third kappa shape index (κ3) is 4.98. The van der Waals surface area contributed by atoms with Gasteiger partial charge in [0.05, 0.1) is 36.5 Å². The van der Waals surface area contributed by atoms with Gasteiger partial charge in [-0.3, -0.25) is 4.98 Å². The van der Waals surface area contributed by atoms with Gasteiger partial charge in [-0.25, -0.2) is 14.1 Å².